The van der Waals surface area contributed by atoms with Gasteiger partial charge in [-0.15, -0.1) is 7.92 Å². The van der Waals surface area contributed by atoms with Crippen LogP contribution in [0.4, 0.5) is 79.0 Å². The third kappa shape index (κ3) is 7.40. The van der Waals surface area contributed by atoms with Crippen molar-refractivity contribution >= 4 is 7.92 Å². The molecule has 0 unspecified atom stereocenters. The molecule has 0 spiro atoms. The Hall–Kier alpha value is -1.34. The zero-order valence-corrected chi connectivity index (χ0v) is 18.7. The standard InChI is InChI=1S/C17H16F18NP/c18-10(19,12(22,23)14(26,27)16(30,31)32)4-1-7-37(9-3-6-36)8-2-5-11(20,21)13(24,25)15(28,29)17(33,34)35/h1-5,7-9H2. The quantitative estimate of drug-likeness (QED) is 0.143. The van der Waals surface area contributed by atoms with E-state index >= 15 is 0 Å². The summed E-state index contributed by atoms with van der Waals surface area (Å²) < 4.78 is 231. The lowest BCUT2D eigenvalue weighted by Crippen LogP contribution is -2.60. The van der Waals surface area contributed by atoms with Crippen LogP contribution >= 0.6 is 7.92 Å². The summed E-state index contributed by atoms with van der Waals surface area (Å²) in [6, 6.07) is 1.46. The van der Waals surface area contributed by atoms with E-state index in [0.29, 0.717) is 0 Å². The molecular formula is C17H16F18NP. The molecule has 0 saturated heterocycles. The van der Waals surface area contributed by atoms with Crippen LogP contribution in [0.15, 0.2) is 0 Å². The van der Waals surface area contributed by atoms with Gasteiger partial charge >= 0.3 is 47.9 Å². The molecule has 0 aromatic rings. The van der Waals surface area contributed by atoms with Crippen molar-refractivity contribution in [2.24, 2.45) is 0 Å². The Bertz CT molecular complexity index is 723. The molecule has 0 aliphatic rings. The van der Waals surface area contributed by atoms with Gasteiger partial charge in [0.2, 0.25) is 0 Å². The second-order valence-corrected chi connectivity index (χ2v) is 10.3. The average Bonchev–Trinajstić information content (AvgIpc) is 2.69. The van der Waals surface area contributed by atoms with E-state index in [0.717, 1.165) is 0 Å². The van der Waals surface area contributed by atoms with Crippen molar-refractivity contribution in [3.05, 3.63) is 0 Å². The minimum Gasteiger partial charge on any atom is -0.200 e. The van der Waals surface area contributed by atoms with Crippen LogP contribution in [-0.4, -0.2) is 66.4 Å². The molecule has 0 aliphatic carbocycles. The first-order valence-corrected chi connectivity index (χ1v) is 11.5. The van der Waals surface area contributed by atoms with E-state index in [9.17, 15) is 79.0 Å². The van der Waals surface area contributed by atoms with Crippen molar-refractivity contribution in [2.45, 2.75) is 80.0 Å². The maximum Gasteiger partial charge on any atom is 0.460 e. The normalized spacial score (nSPS) is 15.3. The van der Waals surface area contributed by atoms with E-state index < -0.39 is 106 Å². The van der Waals surface area contributed by atoms with E-state index in [1.807, 2.05) is 0 Å². The predicted octanol–water partition coefficient (Wildman–Crippen LogP) is 8.88. The number of hydrogen-bond acceptors (Lipinski definition) is 1. The number of halogens is 18. The molecule has 0 radical (unpaired) electrons. The van der Waals surface area contributed by atoms with Crippen molar-refractivity contribution in [3.8, 4) is 6.07 Å². The molecule has 0 amide bonds. The third-order valence-electron chi connectivity index (χ3n) is 4.89. The Balaban J connectivity index is 5.36. The van der Waals surface area contributed by atoms with Crippen molar-refractivity contribution in [1.29, 1.82) is 5.26 Å². The predicted molar refractivity (Wildman–Crippen MR) is 92.0 cm³/mol. The largest absolute Gasteiger partial charge is 0.460 e. The van der Waals surface area contributed by atoms with Gasteiger partial charge < -0.3 is 0 Å². The summed E-state index contributed by atoms with van der Waals surface area (Å²) >= 11 is 0. The molecular weight excluding hydrogens is 591 g/mol. The summed E-state index contributed by atoms with van der Waals surface area (Å²) in [5, 5.41) is 8.51. The molecule has 37 heavy (non-hydrogen) atoms. The van der Waals surface area contributed by atoms with Gasteiger partial charge in [0.15, 0.2) is 0 Å². The first kappa shape index (κ1) is 35.7. The molecule has 0 N–H and O–H groups in total. The first-order chi connectivity index (χ1) is 16.1. The fraction of sp³-hybridized carbons (Fsp3) is 0.941. The summed E-state index contributed by atoms with van der Waals surface area (Å²) in [5.74, 6) is -40.0. The summed E-state index contributed by atoms with van der Waals surface area (Å²) in [6.07, 6.45) is -23.6. The summed E-state index contributed by atoms with van der Waals surface area (Å²) in [4.78, 5) is 0. The van der Waals surface area contributed by atoms with Gasteiger partial charge in [0.05, 0.1) is 6.07 Å². The molecule has 0 fully saturated rings. The van der Waals surface area contributed by atoms with Crippen molar-refractivity contribution in [1.82, 2.24) is 0 Å². The molecule has 0 aliphatic heterocycles. The van der Waals surface area contributed by atoms with Gasteiger partial charge in [-0.05, 0) is 31.3 Å². The van der Waals surface area contributed by atoms with Gasteiger partial charge in [-0.25, -0.2) is 0 Å². The topological polar surface area (TPSA) is 23.8 Å². The number of alkyl halides is 18. The van der Waals surface area contributed by atoms with Crippen LogP contribution in [0.5, 0.6) is 0 Å². The van der Waals surface area contributed by atoms with E-state index in [2.05, 4.69) is 0 Å². The van der Waals surface area contributed by atoms with E-state index in [-0.39, 0.29) is 0 Å². The molecule has 0 aromatic heterocycles. The van der Waals surface area contributed by atoms with Crippen LogP contribution in [0.2, 0.25) is 0 Å². The maximum atomic E-state index is 13.6. The molecule has 1 nitrogen and oxygen atoms in total. The lowest BCUT2D eigenvalue weighted by atomic mass is 10.00. The molecule has 0 rings (SSSR count). The zero-order chi connectivity index (χ0) is 29.9. The van der Waals surface area contributed by atoms with Gasteiger partial charge in [0.25, 0.3) is 0 Å². The van der Waals surface area contributed by atoms with E-state index in [1.165, 1.54) is 6.07 Å². The lowest BCUT2D eigenvalue weighted by molar-refractivity contribution is -0.396. The van der Waals surface area contributed by atoms with Crippen LogP contribution in [0.3, 0.4) is 0 Å². The van der Waals surface area contributed by atoms with Crippen molar-refractivity contribution in [3.63, 3.8) is 0 Å². The fourth-order valence-electron chi connectivity index (χ4n) is 2.72. The highest BCUT2D eigenvalue weighted by Gasteiger charge is 2.82. The van der Waals surface area contributed by atoms with Crippen LogP contribution < -0.4 is 0 Å². The van der Waals surface area contributed by atoms with Crippen molar-refractivity contribution in [2.75, 3.05) is 18.5 Å². The molecule has 220 valence electrons. The summed E-state index contributed by atoms with van der Waals surface area (Å²) in [7, 11) is -2.04. The molecule has 0 aromatic carbocycles. The van der Waals surface area contributed by atoms with Gasteiger partial charge in [-0.2, -0.15) is 84.3 Å². The zero-order valence-electron chi connectivity index (χ0n) is 17.9. The number of hydrogen-bond donors (Lipinski definition) is 0. The van der Waals surface area contributed by atoms with E-state index in [1.54, 1.807) is 0 Å². The maximum absolute atomic E-state index is 13.6. The molecule has 0 atom stereocenters. The van der Waals surface area contributed by atoms with Gasteiger partial charge in [-0.3, -0.25) is 0 Å². The second kappa shape index (κ2) is 11.4. The lowest BCUT2D eigenvalue weighted by Gasteiger charge is -2.34. The minimum absolute atomic E-state index is 0.396. The Morgan fingerprint density at radius 1 is 0.459 bits per heavy atom. The Morgan fingerprint density at radius 3 is 1.00 bits per heavy atom. The van der Waals surface area contributed by atoms with Crippen LogP contribution in [0.1, 0.15) is 32.1 Å². The van der Waals surface area contributed by atoms with Crippen LogP contribution in [0.25, 0.3) is 0 Å². The highest BCUT2D eigenvalue weighted by atomic mass is 31.1. The fourth-order valence-corrected chi connectivity index (χ4v) is 5.02. The summed E-state index contributed by atoms with van der Waals surface area (Å²) in [5.41, 5.74) is 0. The highest BCUT2D eigenvalue weighted by molar-refractivity contribution is 7.57. The summed E-state index contributed by atoms with van der Waals surface area (Å²) in [6.45, 7) is 0. The first-order valence-electron chi connectivity index (χ1n) is 9.63. The Labute approximate surface area is 197 Å². The number of nitriles is 1. The smallest absolute Gasteiger partial charge is 0.200 e. The Morgan fingerprint density at radius 2 is 0.757 bits per heavy atom. The van der Waals surface area contributed by atoms with Crippen molar-refractivity contribution < 1.29 is 79.0 Å². The number of nitrogens with zero attached hydrogens (tertiary/aromatic N) is 1. The van der Waals surface area contributed by atoms with Gasteiger partial charge in [0.1, 0.15) is 0 Å². The molecule has 0 saturated carbocycles. The second-order valence-electron chi connectivity index (χ2n) is 7.66. The monoisotopic (exact) mass is 607 g/mol. The average molecular weight is 607 g/mol. The van der Waals surface area contributed by atoms with E-state index in [4.69, 9.17) is 5.26 Å². The number of rotatable bonds is 14. The minimum atomic E-state index is -7.15. The third-order valence-corrected chi connectivity index (χ3v) is 7.64. The Kier molecular flexibility index (Phi) is 11.0. The molecule has 0 bridgehead atoms. The molecule has 20 heteroatoms. The SMILES string of the molecule is N#CCCP(CCCC(F)(F)C(F)(F)C(F)(F)C(F)(F)F)CCCC(F)(F)C(F)(F)C(F)(F)C(F)(F)F. The molecule has 0 heterocycles. The van der Waals surface area contributed by atoms with Crippen LogP contribution in [0, 0.1) is 11.3 Å². The van der Waals surface area contributed by atoms with Gasteiger partial charge in [-0.1, -0.05) is 0 Å². The van der Waals surface area contributed by atoms with Gasteiger partial charge in [0, 0.05) is 19.3 Å². The van der Waals surface area contributed by atoms with Crippen LogP contribution in [-0.2, 0) is 0 Å². The highest BCUT2D eigenvalue weighted by Crippen LogP contribution is 2.56.